The largest absolute Gasteiger partial charge is 0.356 e. The SMILES string of the molecule is CC(=O)NC[C@H]1CCN(C2CCSCC2)C[C@H]1N(C)C. The topological polar surface area (TPSA) is 35.6 Å². The number of nitrogens with zero attached hydrogens (tertiary/aromatic N) is 2. The standard InChI is InChI=1S/C15H29N3OS/c1-12(19)16-10-13-4-7-18(11-15(13)17(2)3)14-5-8-20-9-6-14/h13-15H,4-11H2,1-3H3,(H,16,19)/t13-,15-/m1/s1. The predicted octanol–water partition coefficient (Wildman–Crippen LogP) is 1.27. The van der Waals surface area contributed by atoms with Gasteiger partial charge in [0.05, 0.1) is 0 Å². The van der Waals surface area contributed by atoms with Crippen LogP contribution in [-0.4, -0.2) is 73.0 Å². The lowest BCUT2D eigenvalue weighted by Gasteiger charge is -2.45. The van der Waals surface area contributed by atoms with Crippen molar-refractivity contribution in [2.45, 2.75) is 38.3 Å². The monoisotopic (exact) mass is 299 g/mol. The van der Waals surface area contributed by atoms with E-state index in [-0.39, 0.29) is 5.91 Å². The third-order valence-corrected chi connectivity index (χ3v) is 5.79. The molecule has 0 spiro atoms. The van der Waals surface area contributed by atoms with Crippen LogP contribution in [0.3, 0.4) is 0 Å². The molecule has 4 nitrogen and oxygen atoms in total. The Bertz CT molecular complexity index is 318. The molecule has 1 amide bonds. The van der Waals surface area contributed by atoms with Gasteiger partial charge in [-0.25, -0.2) is 0 Å². The van der Waals surface area contributed by atoms with Gasteiger partial charge in [-0.2, -0.15) is 11.8 Å². The summed E-state index contributed by atoms with van der Waals surface area (Å²) >= 11 is 2.10. The highest BCUT2D eigenvalue weighted by atomic mass is 32.2. The Labute approximate surface area is 127 Å². The first-order chi connectivity index (χ1) is 9.58. The first-order valence-corrected chi connectivity index (χ1v) is 8.96. The van der Waals surface area contributed by atoms with Crippen LogP contribution >= 0.6 is 11.8 Å². The van der Waals surface area contributed by atoms with E-state index in [0.717, 1.165) is 19.1 Å². The molecule has 1 N–H and O–H groups in total. The second-order valence-corrected chi connectivity index (χ2v) is 7.58. The van der Waals surface area contributed by atoms with Gasteiger partial charge in [0.1, 0.15) is 0 Å². The maximum absolute atomic E-state index is 11.1. The van der Waals surface area contributed by atoms with Crippen LogP contribution in [0.2, 0.25) is 0 Å². The molecule has 2 heterocycles. The maximum Gasteiger partial charge on any atom is 0.216 e. The van der Waals surface area contributed by atoms with E-state index in [4.69, 9.17) is 0 Å². The number of likely N-dealkylation sites (tertiary alicyclic amines) is 1. The highest BCUT2D eigenvalue weighted by Gasteiger charge is 2.33. The van der Waals surface area contributed by atoms with Crippen LogP contribution in [0.1, 0.15) is 26.2 Å². The number of amides is 1. The molecule has 0 aromatic heterocycles. The van der Waals surface area contributed by atoms with Crippen LogP contribution in [0.25, 0.3) is 0 Å². The van der Waals surface area contributed by atoms with Crippen molar-refractivity contribution in [3.05, 3.63) is 0 Å². The normalized spacial score (nSPS) is 29.6. The van der Waals surface area contributed by atoms with Crippen molar-refractivity contribution in [1.82, 2.24) is 15.1 Å². The van der Waals surface area contributed by atoms with Gasteiger partial charge in [0.2, 0.25) is 5.91 Å². The number of likely N-dealkylation sites (N-methyl/N-ethyl adjacent to an activating group) is 1. The van der Waals surface area contributed by atoms with Gasteiger partial charge in [0.15, 0.2) is 0 Å². The number of hydrogen-bond acceptors (Lipinski definition) is 4. The van der Waals surface area contributed by atoms with Crippen molar-refractivity contribution in [3.63, 3.8) is 0 Å². The lowest BCUT2D eigenvalue weighted by molar-refractivity contribution is -0.119. The molecular formula is C15H29N3OS. The van der Waals surface area contributed by atoms with Gasteiger partial charge in [-0.3, -0.25) is 9.69 Å². The number of piperidine rings is 1. The average Bonchev–Trinajstić information content (AvgIpc) is 2.45. The summed E-state index contributed by atoms with van der Waals surface area (Å²) < 4.78 is 0. The van der Waals surface area contributed by atoms with Gasteiger partial charge in [-0.1, -0.05) is 0 Å². The maximum atomic E-state index is 11.1. The molecule has 0 bridgehead atoms. The van der Waals surface area contributed by atoms with E-state index in [9.17, 15) is 4.79 Å². The Morgan fingerprint density at radius 2 is 2.00 bits per heavy atom. The third kappa shape index (κ3) is 4.37. The average molecular weight is 299 g/mol. The summed E-state index contributed by atoms with van der Waals surface area (Å²) in [7, 11) is 4.34. The molecular weight excluding hydrogens is 270 g/mol. The van der Waals surface area contributed by atoms with E-state index in [0.29, 0.717) is 12.0 Å². The second kappa shape index (κ2) is 7.66. The molecule has 0 aromatic rings. The van der Waals surface area contributed by atoms with Crippen molar-refractivity contribution in [2.75, 3.05) is 45.2 Å². The van der Waals surface area contributed by atoms with E-state index in [1.165, 1.54) is 37.3 Å². The zero-order chi connectivity index (χ0) is 14.5. The molecule has 0 saturated carbocycles. The summed E-state index contributed by atoms with van der Waals surface area (Å²) in [6.07, 6.45) is 3.90. The molecule has 0 unspecified atom stereocenters. The molecule has 116 valence electrons. The van der Waals surface area contributed by atoms with E-state index in [1.54, 1.807) is 6.92 Å². The van der Waals surface area contributed by atoms with Crippen LogP contribution < -0.4 is 5.32 Å². The minimum atomic E-state index is 0.0919. The van der Waals surface area contributed by atoms with Gasteiger partial charge in [0.25, 0.3) is 0 Å². The first kappa shape index (κ1) is 16.1. The van der Waals surface area contributed by atoms with Gasteiger partial charge < -0.3 is 10.2 Å². The Balaban J connectivity index is 1.90. The summed E-state index contributed by atoms with van der Waals surface area (Å²) in [5.41, 5.74) is 0. The van der Waals surface area contributed by atoms with Crippen molar-refractivity contribution < 1.29 is 4.79 Å². The highest BCUT2D eigenvalue weighted by molar-refractivity contribution is 7.99. The molecule has 0 aromatic carbocycles. The fourth-order valence-corrected chi connectivity index (χ4v) is 4.57. The smallest absolute Gasteiger partial charge is 0.216 e. The third-order valence-electron chi connectivity index (χ3n) is 4.74. The lowest BCUT2D eigenvalue weighted by Crippen LogP contribution is -2.56. The fraction of sp³-hybridized carbons (Fsp3) is 0.933. The molecule has 2 rings (SSSR count). The van der Waals surface area contributed by atoms with Gasteiger partial charge >= 0.3 is 0 Å². The van der Waals surface area contributed by atoms with Crippen LogP contribution in [0.4, 0.5) is 0 Å². The fourth-order valence-electron chi connectivity index (χ4n) is 3.48. The Kier molecular flexibility index (Phi) is 6.18. The molecule has 2 saturated heterocycles. The Hall–Kier alpha value is -0.260. The van der Waals surface area contributed by atoms with Crippen molar-refractivity contribution in [3.8, 4) is 0 Å². The zero-order valence-corrected chi connectivity index (χ0v) is 13.9. The van der Waals surface area contributed by atoms with Gasteiger partial charge in [-0.05, 0) is 57.3 Å². The van der Waals surface area contributed by atoms with Crippen molar-refractivity contribution >= 4 is 17.7 Å². The second-order valence-electron chi connectivity index (χ2n) is 6.36. The lowest BCUT2D eigenvalue weighted by atomic mass is 9.89. The minimum absolute atomic E-state index is 0.0919. The van der Waals surface area contributed by atoms with Crippen LogP contribution in [0.5, 0.6) is 0 Å². The summed E-state index contributed by atoms with van der Waals surface area (Å²) in [6, 6.07) is 1.35. The number of nitrogens with one attached hydrogen (secondary N) is 1. The summed E-state index contributed by atoms with van der Waals surface area (Å²) in [4.78, 5) is 16.2. The van der Waals surface area contributed by atoms with Crippen LogP contribution in [-0.2, 0) is 4.79 Å². The quantitative estimate of drug-likeness (QED) is 0.848. The Morgan fingerprint density at radius 1 is 1.30 bits per heavy atom. The molecule has 2 fully saturated rings. The highest BCUT2D eigenvalue weighted by Crippen LogP contribution is 2.27. The van der Waals surface area contributed by atoms with Crippen molar-refractivity contribution in [2.24, 2.45) is 5.92 Å². The van der Waals surface area contributed by atoms with E-state index < -0.39 is 0 Å². The van der Waals surface area contributed by atoms with E-state index in [1.807, 2.05) is 0 Å². The minimum Gasteiger partial charge on any atom is -0.356 e. The van der Waals surface area contributed by atoms with Crippen LogP contribution in [0, 0.1) is 5.92 Å². The number of thioether (sulfide) groups is 1. The summed E-state index contributed by atoms with van der Waals surface area (Å²) in [5.74, 6) is 3.32. The summed E-state index contributed by atoms with van der Waals surface area (Å²) in [5, 5.41) is 3.01. The number of hydrogen-bond donors (Lipinski definition) is 1. The molecule has 2 atom stereocenters. The number of carbonyl (C=O) groups excluding carboxylic acids is 1. The number of rotatable bonds is 4. The Morgan fingerprint density at radius 3 is 2.60 bits per heavy atom. The van der Waals surface area contributed by atoms with E-state index >= 15 is 0 Å². The molecule has 0 radical (unpaired) electrons. The van der Waals surface area contributed by atoms with Crippen LogP contribution in [0.15, 0.2) is 0 Å². The van der Waals surface area contributed by atoms with Crippen molar-refractivity contribution in [1.29, 1.82) is 0 Å². The predicted molar refractivity (Wildman–Crippen MR) is 86.2 cm³/mol. The number of carbonyl (C=O) groups is 1. The summed E-state index contributed by atoms with van der Waals surface area (Å²) in [6.45, 7) is 4.79. The molecule has 0 aliphatic carbocycles. The zero-order valence-electron chi connectivity index (χ0n) is 13.1. The van der Waals surface area contributed by atoms with Gasteiger partial charge in [-0.15, -0.1) is 0 Å². The van der Waals surface area contributed by atoms with E-state index in [2.05, 4.69) is 41.0 Å². The van der Waals surface area contributed by atoms with Gasteiger partial charge in [0, 0.05) is 32.1 Å². The molecule has 2 aliphatic heterocycles. The molecule has 20 heavy (non-hydrogen) atoms. The molecule has 5 heteroatoms. The first-order valence-electron chi connectivity index (χ1n) is 7.80. The molecule has 2 aliphatic rings.